The maximum Gasteiger partial charge on any atom is 0.330 e. The van der Waals surface area contributed by atoms with Crippen molar-refractivity contribution in [2.75, 3.05) is 14.2 Å². The average molecular weight is 857 g/mol. The molecular formula is C42H56N4O15. The first kappa shape index (κ1) is 46.7. The molecule has 3 aliphatic rings. The lowest BCUT2D eigenvalue weighted by molar-refractivity contribution is -0.278. The van der Waals surface area contributed by atoms with E-state index in [0.29, 0.717) is 37.7 Å². The number of phenolic OH excluding ortho intramolecular Hbond substituents is 1. The summed E-state index contributed by atoms with van der Waals surface area (Å²) >= 11 is 0. The highest BCUT2D eigenvalue weighted by molar-refractivity contribution is 6.07. The van der Waals surface area contributed by atoms with Crippen molar-refractivity contribution in [3.05, 3.63) is 59.2 Å². The maximum absolute atomic E-state index is 14.9. The number of aliphatic carboxylic acids is 2. The van der Waals surface area contributed by atoms with Gasteiger partial charge in [-0.2, -0.15) is 0 Å². The number of unbranched alkanes of at least 4 members (excludes halogenated alkanes) is 4. The number of aliphatic hydroxyl groups excluding tert-OH is 2. The van der Waals surface area contributed by atoms with E-state index in [2.05, 4.69) is 10.6 Å². The SMILES string of the molecule is CO[C@@H]1[C@@H](O)[C@@H](OC)[C@H](Oc2cccc3c2C(=O)N([C@@]2(C(=O)N[C@H](C(=O)N[C@H](C(=O)O)c4ccc(O)cc4)[C@H](O)CC(N)=O)C[C@@H]2C)[C@H]3CCCCCCCC(=O)O)O[C@@H]1C. The van der Waals surface area contributed by atoms with Crippen molar-refractivity contribution in [3.8, 4) is 11.5 Å². The van der Waals surface area contributed by atoms with Crippen LogP contribution in [0.4, 0.5) is 0 Å². The van der Waals surface area contributed by atoms with Crippen LogP contribution in [0.25, 0.3) is 0 Å². The molecule has 2 heterocycles. The molecule has 2 aliphatic heterocycles. The van der Waals surface area contributed by atoms with E-state index in [0.717, 1.165) is 6.42 Å². The second-order valence-corrected chi connectivity index (χ2v) is 15.9. The molecule has 19 heteroatoms. The highest BCUT2D eigenvalue weighted by atomic mass is 16.7. The Morgan fingerprint density at radius 2 is 1.59 bits per heavy atom. The predicted octanol–water partition coefficient (Wildman–Crippen LogP) is 1.66. The number of nitrogens with one attached hydrogen (secondary N) is 2. The zero-order valence-electron chi connectivity index (χ0n) is 34.5. The van der Waals surface area contributed by atoms with E-state index in [9.17, 15) is 49.2 Å². The Morgan fingerprint density at radius 1 is 0.951 bits per heavy atom. The number of primary amides is 1. The third kappa shape index (κ3) is 10.2. The van der Waals surface area contributed by atoms with Gasteiger partial charge in [0.25, 0.3) is 5.91 Å². The number of ether oxygens (including phenoxy) is 4. The van der Waals surface area contributed by atoms with Crippen LogP contribution in [0.2, 0.25) is 0 Å². The lowest BCUT2D eigenvalue weighted by Gasteiger charge is -2.42. The highest BCUT2D eigenvalue weighted by Gasteiger charge is 2.67. The Kier molecular flexibility index (Phi) is 15.3. The normalized spacial score (nSPS) is 27.0. The number of carboxylic acids is 2. The van der Waals surface area contributed by atoms with Crippen molar-refractivity contribution in [3.63, 3.8) is 0 Å². The van der Waals surface area contributed by atoms with Crippen LogP contribution < -0.4 is 21.1 Å². The van der Waals surface area contributed by atoms with Crippen LogP contribution in [-0.2, 0) is 38.2 Å². The quantitative estimate of drug-likeness (QED) is 0.0782. The number of carbonyl (C=O) groups excluding carboxylic acids is 4. The van der Waals surface area contributed by atoms with E-state index in [1.165, 1.54) is 43.4 Å². The average Bonchev–Trinajstić information content (AvgIpc) is 3.79. The van der Waals surface area contributed by atoms with E-state index >= 15 is 0 Å². The molecule has 1 saturated carbocycles. The molecule has 0 spiro atoms. The number of nitrogens with two attached hydrogens (primary N) is 1. The molecule has 11 atom stereocenters. The summed E-state index contributed by atoms with van der Waals surface area (Å²) in [7, 11) is 2.80. The van der Waals surface area contributed by atoms with E-state index in [1.54, 1.807) is 32.0 Å². The molecule has 0 unspecified atom stereocenters. The zero-order valence-corrected chi connectivity index (χ0v) is 34.5. The molecular weight excluding hydrogens is 800 g/mol. The molecule has 0 aromatic heterocycles. The molecule has 61 heavy (non-hydrogen) atoms. The van der Waals surface area contributed by atoms with Gasteiger partial charge in [-0.25, -0.2) is 4.79 Å². The first-order chi connectivity index (χ1) is 29.0. The molecule has 2 fully saturated rings. The van der Waals surface area contributed by atoms with Gasteiger partial charge in [0.1, 0.15) is 41.4 Å². The molecule has 9 N–H and O–H groups in total. The lowest BCUT2D eigenvalue weighted by atomic mass is 9.96. The predicted molar refractivity (Wildman–Crippen MR) is 213 cm³/mol. The van der Waals surface area contributed by atoms with Gasteiger partial charge in [-0.15, -0.1) is 0 Å². The maximum atomic E-state index is 14.9. The number of hydrogen-bond donors (Lipinski definition) is 8. The first-order valence-electron chi connectivity index (χ1n) is 20.3. The Labute approximate surface area is 352 Å². The second-order valence-electron chi connectivity index (χ2n) is 15.9. The Balaban J connectivity index is 1.47. The number of nitrogens with zero attached hydrogens (tertiary/aromatic N) is 1. The molecule has 19 nitrogen and oxygen atoms in total. The molecule has 2 aromatic carbocycles. The number of benzene rings is 2. The summed E-state index contributed by atoms with van der Waals surface area (Å²) < 4.78 is 23.4. The van der Waals surface area contributed by atoms with Crippen molar-refractivity contribution in [1.29, 1.82) is 0 Å². The number of methoxy groups -OCH3 is 2. The standard InChI is InChI=1S/C42H56N4O15/c1-21-20-42(21,41(57)45-33(27(48)19-29(43)49)37(53)44-32(39(55)56)23-15-17-24(47)18-16-23)46-26(12-8-6-5-7-9-14-30(50)51)25-11-10-13-28(31(25)38(46)54)61-40-36(59-4)34(52)35(58-3)22(2)60-40/h10-11,13,15-18,21-22,26-27,32-36,40,47-48,52H,5-9,12,14,19-20H2,1-4H3,(H2,43,49)(H,44,53)(H,45,57)(H,50,51)(H,55,56)/t21-,22+,26-,27+,32-,33-,34+,35-,36+,40-,42-/m0/s1. The zero-order chi connectivity index (χ0) is 44.8. The molecule has 0 bridgehead atoms. The number of carbonyl (C=O) groups is 6. The van der Waals surface area contributed by atoms with Gasteiger partial charge in [0.2, 0.25) is 24.0 Å². The fraction of sp³-hybridized carbons (Fsp3) is 0.571. The van der Waals surface area contributed by atoms with Crippen LogP contribution >= 0.6 is 0 Å². The fourth-order valence-electron chi connectivity index (χ4n) is 8.52. The van der Waals surface area contributed by atoms with Gasteiger partial charge in [0, 0.05) is 20.6 Å². The summed E-state index contributed by atoms with van der Waals surface area (Å²) in [6, 6.07) is 5.64. The summed E-state index contributed by atoms with van der Waals surface area (Å²) in [5, 5.41) is 55.7. The third-order valence-corrected chi connectivity index (χ3v) is 11.8. The summed E-state index contributed by atoms with van der Waals surface area (Å²) in [6.45, 7) is 3.43. The summed E-state index contributed by atoms with van der Waals surface area (Å²) in [5.41, 5.74) is 4.49. The molecule has 334 valence electrons. The monoisotopic (exact) mass is 856 g/mol. The number of fused-ring (bicyclic) bond motifs is 1. The minimum Gasteiger partial charge on any atom is -0.508 e. The number of rotatable bonds is 22. The first-order valence-corrected chi connectivity index (χ1v) is 20.3. The molecule has 4 amide bonds. The van der Waals surface area contributed by atoms with Crippen molar-refractivity contribution in [2.24, 2.45) is 11.7 Å². The number of amides is 4. The number of carboxylic acid groups (broad SMARTS) is 2. The minimum atomic E-state index is -1.91. The van der Waals surface area contributed by atoms with Crippen LogP contribution in [0, 0.1) is 5.92 Å². The van der Waals surface area contributed by atoms with E-state index < -0.39 is 108 Å². The van der Waals surface area contributed by atoms with Gasteiger partial charge >= 0.3 is 11.9 Å². The Morgan fingerprint density at radius 3 is 2.18 bits per heavy atom. The highest BCUT2D eigenvalue weighted by Crippen LogP contribution is 2.57. The Hall–Kier alpha value is -5.34. The topological polar surface area (TPSA) is 294 Å². The molecule has 2 aromatic rings. The van der Waals surface area contributed by atoms with Gasteiger partial charge in [-0.05, 0) is 61.4 Å². The number of aromatic hydroxyl groups is 1. The third-order valence-electron chi connectivity index (χ3n) is 11.8. The van der Waals surface area contributed by atoms with Gasteiger partial charge in [0.05, 0.1) is 30.2 Å². The summed E-state index contributed by atoms with van der Waals surface area (Å²) in [5.74, 6) is -6.54. The Bertz CT molecular complexity index is 1930. The summed E-state index contributed by atoms with van der Waals surface area (Å²) in [6.07, 6.45) is -3.69. The molecule has 5 rings (SSSR count). The molecule has 1 aliphatic carbocycles. The van der Waals surface area contributed by atoms with Crippen molar-refractivity contribution >= 4 is 35.6 Å². The van der Waals surface area contributed by atoms with Gasteiger partial charge < -0.3 is 65.7 Å². The number of hydrogen-bond acceptors (Lipinski definition) is 13. The van der Waals surface area contributed by atoms with E-state index in [4.69, 9.17) is 29.8 Å². The van der Waals surface area contributed by atoms with Crippen LogP contribution in [-0.4, -0.2) is 129 Å². The van der Waals surface area contributed by atoms with Crippen LogP contribution in [0.5, 0.6) is 11.5 Å². The minimum absolute atomic E-state index is 0.0497. The largest absolute Gasteiger partial charge is 0.508 e. The molecule has 0 radical (unpaired) electrons. The fourth-order valence-corrected chi connectivity index (χ4v) is 8.52. The number of phenols is 1. The van der Waals surface area contributed by atoms with Crippen LogP contribution in [0.3, 0.4) is 0 Å². The van der Waals surface area contributed by atoms with Crippen molar-refractivity contribution in [2.45, 2.75) is 132 Å². The smallest absolute Gasteiger partial charge is 0.330 e. The van der Waals surface area contributed by atoms with Crippen molar-refractivity contribution in [1.82, 2.24) is 15.5 Å². The number of aliphatic hydroxyl groups is 2. The van der Waals surface area contributed by atoms with E-state index in [1.807, 2.05) is 0 Å². The summed E-state index contributed by atoms with van der Waals surface area (Å²) in [4.78, 5) is 80.2. The van der Waals surface area contributed by atoms with Crippen LogP contribution in [0.1, 0.15) is 105 Å². The van der Waals surface area contributed by atoms with Crippen LogP contribution in [0.15, 0.2) is 42.5 Å². The van der Waals surface area contributed by atoms with Crippen molar-refractivity contribution < 1.29 is 73.2 Å². The van der Waals surface area contributed by atoms with Gasteiger partial charge in [0.15, 0.2) is 6.04 Å². The second kappa shape index (κ2) is 20.0. The lowest BCUT2D eigenvalue weighted by Crippen LogP contribution is -2.60. The van der Waals surface area contributed by atoms with E-state index in [-0.39, 0.29) is 35.5 Å². The van der Waals surface area contributed by atoms with Gasteiger partial charge in [-0.3, -0.25) is 24.0 Å². The van der Waals surface area contributed by atoms with Gasteiger partial charge in [-0.1, -0.05) is 56.9 Å². The molecule has 1 saturated heterocycles.